The van der Waals surface area contributed by atoms with E-state index >= 15 is 0 Å². The molecule has 2 fully saturated rings. The van der Waals surface area contributed by atoms with E-state index in [0.29, 0.717) is 30.1 Å². The number of hydrogen-bond acceptors (Lipinski definition) is 4. The van der Waals surface area contributed by atoms with E-state index in [1.165, 1.54) is 18.2 Å². The third kappa shape index (κ3) is 4.22. The Balaban J connectivity index is 1.31. The molecule has 2 atom stereocenters. The highest BCUT2D eigenvalue weighted by Gasteiger charge is 2.37. The standard InChI is InChI=1S/C23H27FN4O3/c24-17-2-1-3-18(11-17)25-23(30)26-20-4-5-21-16-10-15(13-28(21)22(20)29)12-27(14-16)19-6-8-31-9-7-19/h1-5,11,15-16,19H,6-10,12-14H2,(H2,25,26,30)/t15-,16-/m1/s1. The number of nitrogens with zero attached hydrogens (tertiary/aromatic N) is 2. The van der Waals surface area contributed by atoms with Crippen LogP contribution in [0.25, 0.3) is 0 Å². The summed E-state index contributed by atoms with van der Waals surface area (Å²) < 4.78 is 20.7. The van der Waals surface area contributed by atoms with Crippen molar-refractivity contribution in [3.8, 4) is 0 Å². The number of ether oxygens (including phenoxy) is 1. The second-order valence-electron chi connectivity index (χ2n) is 8.77. The number of likely N-dealkylation sites (tertiary alicyclic amines) is 1. The zero-order chi connectivity index (χ0) is 21.4. The lowest BCUT2D eigenvalue weighted by atomic mass is 9.82. The van der Waals surface area contributed by atoms with Gasteiger partial charge in [0.1, 0.15) is 11.5 Å². The maximum Gasteiger partial charge on any atom is 0.323 e. The van der Waals surface area contributed by atoms with Crippen molar-refractivity contribution in [3.63, 3.8) is 0 Å². The molecule has 5 rings (SSSR count). The number of carbonyl (C=O) groups is 1. The molecule has 0 spiro atoms. The Kier molecular flexibility index (Phi) is 5.50. The molecule has 31 heavy (non-hydrogen) atoms. The van der Waals surface area contributed by atoms with E-state index in [0.717, 1.165) is 51.3 Å². The largest absolute Gasteiger partial charge is 0.381 e. The number of fused-ring (bicyclic) bond motifs is 4. The molecular weight excluding hydrogens is 399 g/mol. The molecule has 8 heteroatoms. The van der Waals surface area contributed by atoms with Crippen LogP contribution in [0.5, 0.6) is 0 Å². The smallest absolute Gasteiger partial charge is 0.323 e. The van der Waals surface area contributed by atoms with Crippen LogP contribution < -0.4 is 16.2 Å². The number of rotatable bonds is 3. The van der Waals surface area contributed by atoms with E-state index in [4.69, 9.17) is 4.74 Å². The lowest BCUT2D eigenvalue weighted by Gasteiger charge is -2.46. The first-order valence-corrected chi connectivity index (χ1v) is 11.0. The van der Waals surface area contributed by atoms with E-state index in [1.54, 1.807) is 12.1 Å². The van der Waals surface area contributed by atoms with Gasteiger partial charge in [0.15, 0.2) is 0 Å². The van der Waals surface area contributed by atoms with Crippen LogP contribution >= 0.6 is 0 Å². The van der Waals surface area contributed by atoms with Crippen LogP contribution in [0.4, 0.5) is 20.6 Å². The number of anilines is 2. The number of benzene rings is 1. The second kappa shape index (κ2) is 8.43. The summed E-state index contributed by atoms with van der Waals surface area (Å²) in [6.45, 7) is 4.31. The van der Waals surface area contributed by atoms with Crippen molar-refractivity contribution in [2.75, 3.05) is 36.9 Å². The van der Waals surface area contributed by atoms with Crippen molar-refractivity contribution in [3.05, 3.63) is 58.3 Å². The monoisotopic (exact) mass is 426 g/mol. The molecule has 2 N–H and O–H groups in total. The summed E-state index contributed by atoms with van der Waals surface area (Å²) in [5.41, 5.74) is 1.44. The molecule has 2 bridgehead atoms. The molecule has 1 aromatic carbocycles. The summed E-state index contributed by atoms with van der Waals surface area (Å²) >= 11 is 0. The number of urea groups is 1. The molecule has 2 amide bonds. The van der Waals surface area contributed by atoms with Crippen LogP contribution in [-0.4, -0.2) is 47.8 Å². The van der Waals surface area contributed by atoms with Gasteiger partial charge in [-0.05, 0) is 55.5 Å². The molecule has 0 unspecified atom stereocenters. The topological polar surface area (TPSA) is 75.6 Å². The number of amides is 2. The van der Waals surface area contributed by atoms with Gasteiger partial charge in [0.25, 0.3) is 5.56 Å². The molecule has 1 aromatic heterocycles. The Hall–Kier alpha value is -2.71. The molecule has 2 saturated heterocycles. The van der Waals surface area contributed by atoms with Crippen LogP contribution in [0.15, 0.2) is 41.2 Å². The van der Waals surface area contributed by atoms with Gasteiger partial charge in [-0.3, -0.25) is 9.69 Å². The van der Waals surface area contributed by atoms with Gasteiger partial charge in [-0.1, -0.05) is 6.07 Å². The van der Waals surface area contributed by atoms with Crippen LogP contribution in [0.2, 0.25) is 0 Å². The third-order valence-corrected chi connectivity index (χ3v) is 6.67. The third-order valence-electron chi connectivity index (χ3n) is 6.67. The number of hydrogen-bond donors (Lipinski definition) is 2. The number of pyridine rings is 1. The van der Waals surface area contributed by atoms with Gasteiger partial charge in [-0.25, -0.2) is 9.18 Å². The Labute approximate surface area is 180 Å². The summed E-state index contributed by atoms with van der Waals surface area (Å²) in [6.07, 6.45) is 3.26. The molecule has 7 nitrogen and oxygen atoms in total. The van der Waals surface area contributed by atoms with Crippen molar-refractivity contribution in [2.45, 2.75) is 37.8 Å². The molecule has 3 aliphatic heterocycles. The summed E-state index contributed by atoms with van der Waals surface area (Å²) in [5, 5.41) is 5.19. The van der Waals surface area contributed by atoms with Crippen molar-refractivity contribution >= 4 is 17.4 Å². The molecular formula is C23H27FN4O3. The fraction of sp³-hybridized carbons (Fsp3) is 0.478. The van der Waals surface area contributed by atoms with Gasteiger partial charge in [-0.15, -0.1) is 0 Å². The van der Waals surface area contributed by atoms with Crippen LogP contribution in [0, 0.1) is 11.7 Å². The molecule has 0 saturated carbocycles. The fourth-order valence-electron chi connectivity index (χ4n) is 5.28. The van der Waals surface area contributed by atoms with Crippen LogP contribution in [0.1, 0.15) is 30.9 Å². The maximum atomic E-state index is 13.3. The summed E-state index contributed by atoms with van der Waals surface area (Å²) in [5.74, 6) is 0.328. The van der Waals surface area contributed by atoms with Crippen LogP contribution in [0.3, 0.4) is 0 Å². The van der Waals surface area contributed by atoms with E-state index in [-0.39, 0.29) is 11.2 Å². The molecule has 3 aliphatic rings. The maximum absolute atomic E-state index is 13.3. The van der Waals surface area contributed by atoms with Crippen molar-refractivity contribution in [1.82, 2.24) is 9.47 Å². The lowest BCUT2D eigenvalue weighted by molar-refractivity contribution is 0.00589. The Bertz CT molecular complexity index is 1030. The lowest BCUT2D eigenvalue weighted by Crippen LogP contribution is -2.51. The number of halogens is 1. The average Bonchev–Trinajstić information content (AvgIpc) is 2.76. The highest BCUT2D eigenvalue weighted by molar-refractivity contribution is 5.99. The summed E-state index contributed by atoms with van der Waals surface area (Å²) in [7, 11) is 0. The zero-order valence-electron chi connectivity index (χ0n) is 17.4. The van der Waals surface area contributed by atoms with E-state index in [9.17, 15) is 14.0 Å². The Morgan fingerprint density at radius 2 is 1.90 bits per heavy atom. The number of aromatic nitrogens is 1. The normalized spacial score (nSPS) is 23.8. The number of piperidine rings is 1. The van der Waals surface area contributed by atoms with Crippen molar-refractivity contribution in [1.29, 1.82) is 0 Å². The minimum atomic E-state index is -0.565. The first kappa shape index (κ1) is 20.2. The SMILES string of the molecule is O=C(Nc1cccc(F)c1)Nc1ccc2n(c1=O)C[C@@H]1C[C@@H]2CN(C2CCOCC2)C1. The predicted octanol–water partition coefficient (Wildman–Crippen LogP) is 3.23. The Morgan fingerprint density at radius 1 is 1.06 bits per heavy atom. The fourth-order valence-corrected chi connectivity index (χ4v) is 5.28. The van der Waals surface area contributed by atoms with Gasteiger partial charge in [0.2, 0.25) is 0 Å². The molecule has 164 valence electrons. The summed E-state index contributed by atoms with van der Waals surface area (Å²) in [6, 6.07) is 9.30. The highest BCUT2D eigenvalue weighted by atomic mass is 19.1. The number of nitrogens with one attached hydrogen (secondary N) is 2. The van der Waals surface area contributed by atoms with E-state index in [1.807, 2.05) is 10.6 Å². The van der Waals surface area contributed by atoms with Gasteiger partial charge < -0.3 is 19.9 Å². The quantitative estimate of drug-likeness (QED) is 0.790. The highest BCUT2D eigenvalue weighted by Crippen LogP contribution is 2.37. The Morgan fingerprint density at radius 3 is 2.71 bits per heavy atom. The first-order chi connectivity index (χ1) is 15.1. The molecule has 4 heterocycles. The van der Waals surface area contributed by atoms with Crippen molar-refractivity contribution < 1.29 is 13.9 Å². The summed E-state index contributed by atoms with van der Waals surface area (Å²) in [4.78, 5) is 28.0. The predicted molar refractivity (Wildman–Crippen MR) is 116 cm³/mol. The second-order valence-corrected chi connectivity index (χ2v) is 8.77. The van der Waals surface area contributed by atoms with Crippen molar-refractivity contribution in [2.24, 2.45) is 5.92 Å². The van der Waals surface area contributed by atoms with E-state index in [2.05, 4.69) is 15.5 Å². The van der Waals surface area contributed by atoms with Gasteiger partial charge in [0.05, 0.1) is 0 Å². The zero-order valence-corrected chi connectivity index (χ0v) is 17.4. The average molecular weight is 426 g/mol. The minimum Gasteiger partial charge on any atom is -0.381 e. The van der Waals surface area contributed by atoms with Gasteiger partial charge in [0, 0.05) is 56.2 Å². The van der Waals surface area contributed by atoms with Crippen LogP contribution in [-0.2, 0) is 11.3 Å². The van der Waals surface area contributed by atoms with E-state index < -0.39 is 11.8 Å². The first-order valence-electron chi connectivity index (χ1n) is 11.0. The minimum absolute atomic E-state index is 0.180. The van der Waals surface area contributed by atoms with Gasteiger partial charge in [-0.2, -0.15) is 0 Å². The molecule has 0 radical (unpaired) electrons. The molecule has 2 aromatic rings. The van der Waals surface area contributed by atoms with Gasteiger partial charge >= 0.3 is 6.03 Å². The molecule has 0 aliphatic carbocycles. The number of carbonyl (C=O) groups excluding carboxylic acids is 1.